The van der Waals surface area contributed by atoms with Gasteiger partial charge in [-0.2, -0.15) is 13.2 Å². The van der Waals surface area contributed by atoms with Crippen LogP contribution in [0.1, 0.15) is 46.8 Å². The Labute approximate surface area is 227 Å². The maximum atomic E-state index is 13.5. The van der Waals surface area contributed by atoms with Crippen molar-refractivity contribution in [3.8, 4) is 5.75 Å². The van der Waals surface area contributed by atoms with Gasteiger partial charge in [0.2, 0.25) is 0 Å². The number of carbonyl (C=O) groups excluding carboxylic acids is 1. The summed E-state index contributed by atoms with van der Waals surface area (Å²) in [4.78, 5) is 17.5. The lowest BCUT2D eigenvalue weighted by molar-refractivity contribution is -0.137. The third kappa shape index (κ3) is 7.38. The van der Waals surface area contributed by atoms with Crippen molar-refractivity contribution < 1.29 is 27.1 Å². The van der Waals surface area contributed by atoms with Gasteiger partial charge in [-0.3, -0.25) is 9.69 Å². The summed E-state index contributed by atoms with van der Waals surface area (Å²) in [5.41, 5.74) is 1.42. The minimum atomic E-state index is -4.40. The highest BCUT2D eigenvalue weighted by molar-refractivity contribution is 5.94. The van der Waals surface area contributed by atoms with E-state index in [2.05, 4.69) is 4.90 Å². The summed E-state index contributed by atoms with van der Waals surface area (Å²) in [5, 5.41) is 0. The van der Waals surface area contributed by atoms with Gasteiger partial charge < -0.3 is 9.64 Å². The average Bonchev–Trinajstić information content (AvgIpc) is 3.29. The zero-order valence-electron chi connectivity index (χ0n) is 22.4. The van der Waals surface area contributed by atoms with E-state index in [1.807, 2.05) is 43.0 Å². The highest BCUT2D eigenvalue weighted by atomic mass is 19.4. The lowest BCUT2D eigenvalue weighted by Gasteiger charge is -2.30. The first kappa shape index (κ1) is 28.6. The lowest BCUT2D eigenvalue weighted by Crippen LogP contribution is -2.39. The minimum absolute atomic E-state index is 0.0334. The number of benzene rings is 3. The molecule has 1 aliphatic heterocycles. The molecular weight excluding hydrogens is 508 g/mol. The van der Waals surface area contributed by atoms with Crippen LogP contribution in [0.4, 0.5) is 17.6 Å². The van der Waals surface area contributed by atoms with E-state index in [4.69, 9.17) is 4.74 Å². The minimum Gasteiger partial charge on any atom is -0.497 e. The van der Waals surface area contributed by atoms with E-state index in [9.17, 15) is 22.4 Å². The first-order chi connectivity index (χ1) is 18.5. The normalized spacial score (nSPS) is 17.9. The van der Waals surface area contributed by atoms with E-state index < -0.39 is 17.6 Å². The predicted octanol–water partition coefficient (Wildman–Crippen LogP) is 6.87. The van der Waals surface area contributed by atoms with E-state index in [1.165, 1.54) is 36.4 Å². The Bertz CT molecular complexity index is 1260. The van der Waals surface area contributed by atoms with Gasteiger partial charge >= 0.3 is 6.18 Å². The van der Waals surface area contributed by atoms with Crippen molar-refractivity contribution in [3.05, 3.63) is 101 Å². The fourth-order valence-corrected chi connectivity index (χ4v) is 5.37. The van der Waals surface area contributed by atoms with E-state index >= 15 is 0 Å². The Morgan fingerprint density at radius 1 is 1.03 bits per heavy atom. The number of halogens is 4. The number of carbonyl (C=O) groups is 1. The van der Waals surface area contributed by atoms with E-state index in [0.717, 1.165) is 17.4 Å². The van der Waals surface area contributed by atoms with Crippen LogP contribution >= 0.6 is 0 Å². The van der Waals surface area contributed by atoms with Crippen LogP contribution in [-0.4, -0.2) is 49.0 Å². The molecular formula is C31H34F4N2O2. The molecule has 0 radical (unpaired) electrons. The molecule has 0 N–H and O–H groups in total. The second-order valence-electron chi connectivity index (χ2n) is 10.6. The van der Waals surface area contributed by atoms with Crippen LogP contribution in [-0.2, 0) is 12.7 Å². The van der Waals surface area contributed by atoms with Crippen molar-refractivity contribution in [1.82, 2.24) is 9.80 Å². The highest BCUT2D eigenvalue weighted by Crippen LogP contribution is 2.36. The second-order valence-corrected chi connectivity index (χ2v) is 10.6. The third-order valence-corrected chi connectivity index (χ3v) is 7.12. The Morgan fingerprint density at radius 3 is 2.41 bits per heavy atom. The fraction of sp³-hybridized carbons (Fsp3) is 0.387. The van der Waals surface area contributed by atoms with Crippen LogP contribution in [0.3, 0.4) is 0 Å². The van der Waals surface area contributed by atoms with Gasteiger partial charge in [-0.25, -0.2) is 4.39 Å². The van der Waals surface area contributed by atoms with Crippen LogP contribution in [0.15, 0.2) is 72.8 Å². The number of likely N-dealkylation sites (tertiary alicyclic amines) is 1. The van der Waals surface area contributed by atoms with Gasteiger partial charge in [0.15, 0.2) is 0 Å². The molecule has 2 atom stereocenters. The fourth-order valence-electron chi connectivity index (χ4n) is 5.37. The quantitative estimate of drug-likeness (QED) is 0.277. The highest BCUT2D eigenvalue weighted by Gasteiger charge is 2.37. The molecule has 1 amide bonds. The summed E-state index contributed by atoms with van der Waals surface area (Å²) in [5.74, 6) is 0.453. The molecule has 0 bridgehead atoms. The molecule has 39 heavy (non-hydrogen) atoms. The zero-order valence-corrected chi connectivity index (χ0v) is 22.4. The number of amides is 1. The molecule has 4 nitrogen and oxygen atoms in total. The van der Waals surface area contributed by atoms with Gasteiger partial charge in [-0.1, -0.05) is 44.2 Å². The molecule has 0 spiro atoms. The topological polar surface area (TPSA) is 32.8 Å². The zero-order chi connectivity index (χ0) is 28.2. The molecule has 3 aromatic carbocycles. The molecule has 208 valence electrons. The summed E-state index contributed by atoms with van der Waals surface area (Å²) in [6.07, 6.45) is -4.40. The number of rotatable bonds is 9. The summed E-state index contributed by atoms with van der Waals surface area (Å²) in [6, 6.07) is 18.8. The van der Waals surface area contributed by atoms with Gasteiger partial charge in [-0.15, -0.1) is 0 Å². The number of methoxy groups -OCH3 is 1. The molecule has 0 aromatic heterocycles. The smallest absolute Gasteiger partial charge is 0.416 e. The summed E-state index contributed by atoms with van der Waals surface area (Å²) >= 11 is 0. The van der Waals surface area contributed by atoms with Gasteiger partial charge in [0.25, 0.3) is 5.91 Å². The lowest BCUT2D eigenvalue weighted by atomic mass is 9.88. The third-order valence-electron chi connectivity index (χ3n) is 7.12. The molecule has 0 unspecified atom stereocenters. The Hall–Kier alpha value is -3.39. The second kappa shape index (κ2) is 12.2. The van der Waals surface area contributed by atoms with Gasteiger partial charge in [0.05, 0.1) is 12.7 Å². The van der Waals surface area contributed by atoms with E-state index in [-0.39, 0.29) is 23.7 Å². The number of hydrogen-bond acceptors (Lipinski definition) is 3. The maximum Gasteiger partial charge on any atom is 0.416 e. The Morgan fingerprint density at radius 2 is 1.74 bits per heavy atom. The molecule has 1 heterocycles. The van der Waals surface area contributed by atoms with Crippen LogP contribution in [0.2, 0.25) is 0 Å². The van der Waals surface area contributed by atoms with Crippen LogP contribution < -0.4 is 4.74 Å². The molecule has 1 fully saturated rings. The van der Waals surface area contributed by atoms with Crippen LogP contribution in [0.5, 0.6) is 5.75 Å². The molecule has 3 aromatic rings. The van der Waals surface area contributed by atoms with Crippen molar-refractivity contribution in [3.63, 3.8) is 0 Å². The summed E-state index contributed by atoms with van der Waals surface area (Å²) in [6.45, 7) is 6.70. The maximum absolute atomic E-state index is 13.5. The van der Waals surface area contributed by atoms with Crippen molar-refractivity contribution in [1.29, 1.82) is 0 Å². The molecule has 8 heteroatoms. The summed E-state index contributed by atoms with van der Waals surface area (Å²) < 4.78 is 58.8. The van der Waals surface area contributed by atoms with Gasteiger partial charge in [0.1, 0.15) is 11.6 Å². The SMILES string of the molecule is COc1cccc([C@@H]2CN(Cc3cccc(C(F)(F)F)c3)C[C@@H]2CN(CC(C)C)C(=O)c2ccc(F)cc2)c1. The Balaban J connectivity index is 1.61. The van der Waals surface area contributed by atoms with Gasteiger partial charge in [-0.05, 0) is 65.4 Å². The monoisotopic (exact) mass is 542 g/mol. The van der Waals surface area contributed by atoms with Crippen molar-refractivity contribution in [2.45, 2.75) is 32.5 Å². The summed E-state index contributed by atoms with van der Waals surface area (Å²) in [7, 11) is 1.61. The number of alkyl halides is 3. The average molecular weight is 543 g/mol. The largest absolute Gasteiger partial charge is 0.497 e. The van der Waals surface area contributed by atoms with Crippen LogP contribution in [0.25, 0.3) is 0 Å². The molecule has 0 aliphatic carbocycles. The molecule has 0 saturated carbocycles. The predicted molar refractivity (Wildman–Crippen MR) is 143 cm³/mol. The van der Waals surface area contributed by atoms with Crippen LogP contribution in [0, 0.1) is 17.7 Å². The van der Waals surface area contributed by atoms with Crippen molar-refractivity contribution in [2.24, 2.45) is 11.8 Å². The molecule has 1 saturated heterocycles. The van der Waals surface area contributed by atoms with Gasteiger partial charge in [0, 0.05) is 44.2 Å². The number of nitrogens with zero attached hydrogens (tertiary/aromatic N) is 2. The van der Waals surface area contributed by atoms with E-state index in [1.54, 1.807) is 13.2 Å². The number of hydrogen-bond donors (Lipinski definition) is 0. The van der Waals surface area contributed by atoms with Crippen molar-refractivity contribution >= 4 is 5.91 Å². The van der Waals surface area contributed by atoms with E-state index in [0.29, 0.717) is 43.9 Å². The standard InChI is InChI=1S/C31H34F4N2O2/c1-21(2)16-37(30(38)23-10-12-27(32)13-11-23)19-25-18-36(17-22-6-4-8-26(14-22)31(33,34)35)20-29(25)24-7-5-9-28(15-24)39-3/h4-15,21,25,29H,16-20H2,1-3H3/t25-,29+/m1/s1. The Kier molecular flexibility index (Phi) is 8.95. The van der Waals surface area contributed by atoms with Crippen molar-refractivity contribution in [2.75, 3.05) is 33.3 Å². The first-order valence-electron chi connectivity index (χ1n) is 13.1. The molecule has 1 aliphatic rings. The first-order valence-corrected chi connectivity index (χ1v) is 13.1. The molecule has 4 rings (SSSR count). The number of ether oxygens (including phenoxy) is 1.